The SMILES string of the molecule is CCCCCCCCCCCCCCC/C=C\C/C=C\CCCCCCCCCCCCCCCCCCC(O)C(=O)NC(CO)C(O)C(O)CCC/C=C/CCCCCCCCCCCCCCCCCCC. The third kappa shape index (κ3) is 55.3. The summed E-state index contributed by atoms with van der Waals surface area (Å²) < 4.78 is 0. The van der Waals surface area contributed by atoms with Crippen LogP contribution in [0.5, 0.6) is 0 Å². The number of carbonyl (C=O) groups excluding carboxylic acids is 1. The Morgan fingerprint density at radius 1 is 0.338 bits per heavy atom. The van der Waals surface area contributed by atoms with Crippen molar-refractivity contribution in [2.45, 2.75) is 385 Å². The van der Waals surface area contributed by atoms with Crippen molar-refractivity contribution in [3.8, 4) is 0 Å². The molecule has 0 aromatic rings. The van der Waals surface area contributed by atoms with Crippen molar-refractivity contribution in [2.24, 2.45) is 0 Å². The van der Waals surface area contributed by atoms with Gasteiger partial charge in [-0.05, 0) is 70.6 Å². The van der Waals surface area contributed by atoms with E-state index in [-0.39, 0.29) is 0 Å². The second-order valence-electron chi connectivity index (χ2n) is 23.2. The third-order valence-electron chi connectivity index (χ3n) is 15.8. The molecule has 4 atom stereocenters. The van der Waals surface area contributed by atoms with Crippen LogP contribution in [-0.2, 0) is 4.79 Å². The number of aliphatic hydroxyl groups excluding tert-OH is 4. The zero-order valence-electron chi connectivity index (χ0n) is 49.9. The number of allylic oxidation sites excluding steroid dienone is 6. The Kier molecular flexibility index (Phi) is 61.1. The van der Waals surface area contributed by atoms with Crippen molar-refractivity contribution in [2.75, 3.05) is 6.61 Å². The van der Waals surface area contributed by atoms with Gasteiger partial charge in [-0.1, -0.05) is 326 Å². The highest BCUT2D eigenvalue weighted by Gasteiger charge is 2.28. The molecule has 0 bridgehead atoms. The van der Waals surface area contributed by atoms with Gasteiger partial charge in [0, 0.05) is 0 Å². The summed E-state index contributed by atoms with van der Waals surface area (Å²) in [6.45, 7) is 4.09. The van der Waals surface area contributed by atoms with E-state index in [1.165, 1.54) is 289 Å². The lowest BCUT2D eigenvalue weighted by molar-refractivity contribution is -0.132. The number of hydrogen-bond acceptors (Lipinski definition) is 5. The fraction of sp³-hybridized carbons (Fsp3) is 0.897. The van der Waals surface area contributed by atoms with Gasteiger partial charge in [-0.3, -0.25) is 4.79 Å². The first-order valence-electron chi connectivity index (χ1n) is 33.4. The van der Waals surface area contributed by atoms with E-state index in [0.29, 0.717) is 12.8 Å². The van der Waals surface area contributed by atoms with Crippen LogP contribution >= 0.6 is 0 Å². The molecular weight excluding hydrogens is 911 g/mol. The summed E-state index contributed by atoms with van der Waals surface area (Å²) in [7, 11) is 0. The van der Waals surface area contributed by atoms with E-state index >= 15 is 0 Å². The van der Waals surface area contributed by atoms with Gasteiger partial charge >= 0.3 is 0 Å². The first kappa shape index (κ1) is 72.5. The molecule has 6 heteroatoms. The number of hydrogen-bond donors (Lipinski definition) is 5. The summed E-state index contributed by atoms with van der Waals surface area (Å²) in [5.74, 6) is -0.588. The average Bonchev–Trinajstić information content (AvgIpc) is 3.41. The zero-order valence-corrected chi connectivity index (χ0v) is 49.9. The van der Waals surface area contributed by atoms with E-state index in [1.807, 2.05) is 0 Å². The Bertz CT molecular complexity index is 1170. The molecule has 0 aliphatic heterocycles. The Labute approximate surface area is 462 Å². The van der Waals surface area contributed by atoms with Crippen LogP contribution in [0.15, 0.2) is 36.5 Å². The largest absolute Gasteiger partial charge is 0.394 e. The number of carbonyl (C=O) groups is 1. The van der Waals surface area contributed by atoms with Crippen molar-refractivity contribution in [1.82, 2.24) is 5.32 Å². The minimum Gasteiger partial charge on any atom is -0.394 e. The first-order chi connectivity index (χ1) is 36.5. The van der Waals surface area contributed by atoms with E-state index in [4.69, 9.17) is 0 Å². The topological polar surface area (TPSA) is 110 Å². The molecule has 1 amide bonds. The molecule has 0 radical (unpaired) electrons. The van der Waals surface area contributed by atoms with Gasteiger partial charge in [0.1, 0.15) is 12.2 Å². The summed E-state index contributed by atoms with van der Waals surface area (Å²) in [6, 6.07) is -1.00. The Balaban J connectivity index is 3.57. The van der Waals surface area contributed by atoms with Gasteiger partial charge in [-0.25, -0.2) is 0 Å². The molecule has 0 fully saturated rings. The summed E-state index contributed by atoms with van der Waals surface area (Å²) in [4.78, 5) is 12.6. The quantitative estimate of drug-likeness (QED) is 0.0308. The molecule has 4 unspecified atom stereocenters. The number of unbranched alkanes of at least 4 members (excludes halogenated alkanes) is 47. The summed E-state index contributed by atoms with van der Waals surface area (Å²) in [6.07, 6.45) is 79.8. The molecule has 438 valence electrons. The molecule has 0 aliphatic carbocycles. The summed E-state index contributed by atoms with van der Waals surface area (Å²) >= 11 is 0. The maximum absolute atomic E-state index is 12.6. The van der Waals surface area contributed by atoms with E-state index in [1.54, 1.807) is 0 Å². The molecule has 6 nitrogen and oxygen atoms in total. The maximum Gasteiger partial charge on any atom is 0.249 e. The van der Waals surface area contributed by atoms with Gasteiger partial charge in [-0.15, -0.1) is 0 Å². The fourth-order valence-electron chi connectivity index (χ4n) is 10.6. The van der Waals surface area contributed by atoms with E-state index in [0.717, 1.165) is 44.9 Å². The average molecular weight is 1040 g/mol. The Hall–Kier alpha value is -1.47. The minimum absolute atomic E-state index is 0.365. The van der Waals surface area contributed by atoms with Crippen LogP contribution in [0.2, 0.25) is 0 Å². The Morgan fingerprint density at radius 2 is 0.595 bits per heavy atom. The van der Waals surface area contributed by atoms with Crippen LogP contribution in [-0.4, -0.2) is 57.3 Å². The van der Waals surface area contributed by atoms with Gasteiger partial charge in [0.2, 0.25) is 5.91 Å². The third-order valence-corrected chi connectivity index (χ3v) is 15.8. The van der Waals surface area contributed by atoms with Crippen LogP contribution in [0, 0.1) is 0 Å². The lowest BCUT2D eigenvalue weighted by Crippen LogP contribution is -2.53. The fourth-order valence-corrected chi connectivity index (χ4v) is 10.6. The van der Waals surface area contributed by atoms with Crippen molar-refractivity contribution >= 4 is 5.91 Å². The van der Waals surface area contributed by atoms with Crippen LogP contribution in [0.3, 0.4) is 0 Å². The predicted octanol–water partition coefficient (Wildman–Crippen LogP) is 20.3. The second kappa shape index (κ2) is 62.4. The van der Waals surface area contributed by atoms with E-state index in [9.17, 15) is 25.2 Å². The van der Waals surface area contributed by atoms with Gasteiger partial charge in [-0.2, -0.15) is 0 Å². The molecule has 0 saturated heterocycles. The van der Waals surface area contributed by atoms with E-state index in [2.05, 4.69) is 55.6 Å². The van der Waals surface area contributed by atoms with Gasteiger partial charge in [0.15, 0.2) is 0 Å². The standard InChI is InChI=1S/C68H131NO5/c1-3-5-7-9-11-13-15-17-19-21-23-25-27-28-29-30-31-32-33-34-35-36-37-38-39-40-42-44-46-48-50-52-54-56-58-60-62-66(72)68(74)69-64(63-70)67(73)65(71)61-59-57-55-53-51-49-47-45-43-41-26-24-22-20-18-16-14-12-10-8-6-4-2/h29-30,32-33,53,55,64-67,70-73H,3-28,31,34-52,54,56-63H2,1-2H3,(H,69,74)/b30-29-,33-32-,55-53+. The molecule has 0 aromatic heterocycles. The first-order valence-corrected chi connectivity index (χ1v) is 33.4. The normalized spacial score (nSPS) is 13.8. The number of amides is 1. The summed E-state index contributed by atoms with van der Waals surface area (Å²) in [5, 5.41) is 44.1. The predicted molar refractivity (Wildman–Crippen MR) is 325 cm³/mol. The summed E-state index contributed by atoms with van der Waals surface area (Å²) in [5.41, 5.74) is 0. The Morgan fingerprint density at radius 3 is 0.892 bits per heavy atom. The van der Waals surface area contributed by atoms with Crippen molar-refractivity contribution in [1.29, 1.82) is 0 Å². The molecule has 74 heavy (non-hydrogen) atoms. The molecule has 5 N–H and O–H groups in total. The number of rotatable bonds is 62. The van der Waals surface area contributed by atoms with Crippen molar-refractivity contribution < 1.29 is 25.2 Å². The van der Waals surface area contributed by atoms with Crippen molar-refractivity contribution in [3.63, 3.8) is 0 Å². The molecule has 0 saturated carbocycles. The van der Waals surface area contributed by atoms with Gasteiger partial charge in [0.25, 0.3) is 0 Å². The van der Waals surface area contributed by atoms with Gasteiger partial charge in [0.05, 0.1) is 18.8 Å². The van der Waals surface area contributed by atoms with Crippen molar-refractivity contribution in [3.05, 3.63) is 36.5 Å². The van der Waals surface area contributed by atoms with Crippen LogP contribution < -0.4 is 5.32 Å². The highest BCUT2D eigenvalue weighted by molar-refractivity contribution is 5.80. The van der Waals surface area contributed by atoms with Gasteiger partial charge < -0.3 is 25.7 Å². The minimum atomic E-state index is -1.28. The molecule has 0 rings (SSSR count). The lowest BCUT2D eigenvalue weighted by atomic mass is 10.00. The molecule has 0 heterocycles. The van der Waals surface area contributed by atoms with E-state index < -0.39 is 36.9 Å². The smallest absolute Gasteiger partial charge is 0.249 e. The molecule has 0 spiro atoms. The monoisotopic (exact) mass is 1040 g/mol. The molecular formula is C68H131NO5. The molecule has 0 aromatic carbocycles. The van der Waals surface area contributed by atoms with Crippen LogP contribution in [0.25, 0.3) is 0 Å². The molecule has 0 aliphatic rings. The van der Waals surface area contributed by atoms with Crippen LogP contribution in [0.4, 0.5) is 0 Å². The van der Waals surface area contributed by atoms with Crippen LogP contribution in [0.1, 0.15) is 361 Å². The number of nitrogens with one attached hydrogen (secondary N) is 1. The zero-order chi connectivity index (χ0) is 53.7. The highest BCUT2D eigenvalue weighted by atomic mass is 16.3. The maximum atomic E-state index is 12.6. The lowest BCUT2D eigenvalue weighted by Gasteiger charge is -2.27. The second-order valence-corrected chi connectivity index (χ2v) is 23.2. The number of aliphatic hydroxyl groups is 4. The highest BCUT2D eigenvalue weighted by Crippen LogP contribution is 2.19.